The minimum absolute atomic E-state index is 0.00927. The van der Waals surface area contributed by atoms with E-state index in [1.165, 1.54) is 29.6 Å². The average Bonchev–Trinajstić information content (AvgIpc) is 2.83. The van der Waals surface area contributed by atoms with E-state index in [0.29, 0.717) is 40.6 Å². The number of carbonyl (C=O) groups excluding carboxylic acids is 1. The van der Waals surface area contributed by atoms with Crippen molar-refractivity contribution in [3.05, 3.63) is 69.6 Å². The summed E-state index contributed by atoms with van der Waals surface area (Å²) >= 11 is 6.01. The molecule has 0 atom stereocenters. The third-order valence-corrected chi connectivity index (χ3v) is 8.00. The number of halogens is 1. The second-order valence-corrected chi connectivity index (χ2v) is 10.6. The molecule has 184 valence electrons. The number of amides is 1. The monoisotopic (exact) mass is 516 g/mol. The zero-order chi connectivity index (χ0) is 25.2. The second kappa shape index (κ2) is 10.2. The Bertz CT molecular complexity index is 1420. The zero-order valence-corrected chi connectivity index (χ0v) is 20.8. The van der Waals surface area contributed by atoms with Gasteiger partial charge in [0.05, 0.1) is 7.11 Å². The number of H-pyrrole nitrogens is 1. The molecule has 0 bridgehead atoms. The van der Waals surface area contributed by atoms with E-state index in [1.54, 1.807) is 37.3 Å². The molecule has 1 aromatic heterocycles. The van der Waals surface area contributed by atoms with Gasteiger partial charge in [-0.1, -0.05) is 23.7 Å². The highest BCUT2D eigenvalue weighted by molar-refractivity contribution is 7.89. The first kappa shape index (κ1) is 24.9. The first-order valence-corrected chi connectivity index (χ1v) is 12.8. The number of hydrogen-bond donors (Lipinski definition) is 2. The van der Waals surface area contributed by atoms with Crippen LogP contribution in [-0.4, -0.2) is 48.8 Å². The number of anilines is 1. The number of carbonyl (C=O) groups is 1. The normalized spacial score (nSPS) is 15.1. The van der Waals surface area contributed by atoms with Gasteiger partial charge in [-0.15, -0.1) is 0 Å². The van der Waals surface area contributed by atoms with Crippen LogP contribution in [0.15, 0.2) is 58.2 Å². The molecule has 1 aliphatic heterocycles. The van der Waals surface area contributed by atoms with Crippen molar-refractivity contribution in [3.8, 4) is 17.1 Å². The number of aryl methyl sites for hydroxylation is 1. The number of aromatic nitrogens is 2. The maximum absolute atomic E-state index is 13.2. The molecule has 0 aliphatic carbocycles. The molecule has 1 fully saturated rings. The maximum atomic E-state index is 13.2. The predicted molar refractivity (Wildman–Crippen MR) is 133 cm³/mol. The van der Waals surface area contributed by atoms with Crippen molar-refractivity contribution in [1.82, 2.24) is 14.3 Å². The van der Waals surface area contributed by atoms with Gasteiger partial charge in [0.2, 0.25) is 15.9 Å². The fourth-order valence-corrected chi connectivity index (χ4v) is 5.94. The van der Waals surface area contributed by atoms with E-state index in [4.69, 9.17) is 16.3 Å². The Morgan fingerprint density at radius 1 is 1.17 bits per heavy atom. The summed E-state index contributed by atoms with van der Waals surface area (Å²) in [7, 11) is -2.42. The molecular weight excluding hydrogens is 492 g/mol. The molecule has 0 unspecified atom stereocenters. The Hall–Kier alpha value is -3.21. The maximum Gasteiger partial charge on any atom is 0.251 e. The van der Waals surface area contributed by atoms with E-state index in [2.05, 4.69) is 15.3 Å². The van der Waals surface area contributed by atoms with E-state index in [0.717, 1.165) is 0 Å². The number of nitrogens with zero attached hydrogens (tertiary/aromatic N) is 2. The molecule has 1 amide bonds. The molecule has 35 heavy (non-hydrogen) atoms. The van der Waals surface area contributed by atoms with Crippen molar-refractivity contribution in [2.75, 3.05) is 25.5 Å². The van der Waals surface area contributed by atoms with Crippen molar-refractivity contribution < 1.29 is 17.9 Å². The summed E-state index contributed by atoms with van der Waals surface area (Å²) in [6.07, 6.45) is 0.751. The largest absolute Gasteiger partial charge is 0.495 e. The molecule has 2 heterocycles. The lowest BCUT2D eigenvalue weighted by molar-refractivity contribution is -0.120. The summed E-state index contributed by atoms with van der Waals surface area (Å²) < 4.78 is 32.9. The highest BCUT2D eigenvalue weighted by Crippen LogP contribution is 2.32. The molecule has 4 rings (SSSR count). The molecule has 1 aliphatic rings. The van der Waals surface area contributed by atoms with Crippen LogP contribution in [0, 0.1) is 12.8 Å². The smallest absolute Gasteiger partial charge is 0.251 e. The van der Waals surface area contributed by atoms with Gasteiger partial charge in [-0.25, -0.2) is 13.4 Å². The third-order valence-electron chi connectivity index (χ3n) is 5.84. The van der Waals surface area contributed by atoms with Crippen LogP contribution in [0.2, 0.25) is 5.02 Å². The molecule has 2 N–H and O–H groups in total. The summed E-state index contributed by atoms with van der Waals surface area (Å²) in [4.78, 5) is 31.7. The topological polar surface area (TPSA) is 121 Å². The van der Waals surface area contributed by atoms with E-state index in [1.807, 2.05) is 0 Å². The third kappa shape index (κ3) is 5.55. The Morgan fingerprint density at radius 3 is 2.60 bits per heavy atom. The minimum atomic E-state index is -3.82. The molecular formula is C24H25ClN4O5S. The van der Waals surface area contributed by atoms with Crippen molar-refractivity contribution >= 4 is 33.2 Å². The first-order chi connectivity index (χ1) is 16.7. The second-order valence-electron chi connectivity index (χ2n) is 8.28. The Balaban J connectivity index is 1.43. The summed E-state index contributed by atoms with van der Waals surface area (Å²) in [5.74, 6) is 0.105. The molecule has 11 heteroatoms. The summed E-state index contributed by atoms with van der Waals surface area (Å²) in [5, 5.41) is 3.19. The molecule has 3 aromatic rings. The van der Waals surface area contributed by atoms with Gasteiger partial charge in [0, 0.05) is 47.0 Å². The quantitative estimate of drug-likeness (QED) is 0.517. The molecule has 0 spiro atoms. The Morgan fingerprint density at radius 2 is 1.91 bits per heavy atom. The zero-order valence-electron chi connectivity index (χ0n) is 19.2. The number of aromatic amines is 1. The van der Waals surface area contributed by atoms with Crippen molar-refractivity contribution in [2.24, 2.45) is 5.92 Å². The fourth-order valence-electron chi connectivity index (χ4n) is 4.05. The molecule has 0 saturated carbocycles. The van der Waals surface area contributed by atoms with Crippen molar-refractivity contribution in [2.45, 2.75) is 24.7 Å². The summed E-state index contributed by atoms with van der Waals surface area (Å²) in [5.41, 5.74) is 1.57. The molecule has 1 saturated heterocycles. The lowest BCUT2D eigenvalue weighted by Gasteiger charge is -2.31. The van der Waals surface area contributed by atoms with Gasteiger partial charge in [-0.3, -0.25) is 9.59 Å². The highest BCUT2D eigenvalue weighted by atomic mass is 35.5. The van der Waals surface area contributed by atoms with Crippen LogP contribution in [0.25, 0.3) is 11.4 Å². The van der Waals surface area contributed by atoms with Crippen LogP contribution in [0.3, 0.4) is 0 Å². The SMILES string of the molecule is COc1ccc(Cl)cc1S(=O)(=O)N1CCC(C(=O)Nc2cccc(-c3nc(C)cc(=O)[nH]3)c2)CC1. The fraction of sp³-hybridized carbons (Fsp3) is 0.292. The number of nitrogens with one attached hydrogen (secondary N) is 2. The van der Waals surface area contributed by atoms with E-state index in [-0.39, 0.29) is 41.1 Å². The minimum Gasteiger partial charge on any atom is -0.495 e. The molecule has 9 nitrogen and oxygen atoms in total. The van der Waals surface area contributed by atoms with Gasteiger partial charge in [0.1, 0.15) is 16.5 Å². The first-order valence-electron chi connectivity index (χ1n) is 11.0. The van der Waals surface area contributed by atoms with E-state index in [9.17, 15) is 18.0 Å². The number of ether oxygens (including phenoxy) is 1. The predicted octanol–water partition coefficient (Wildman–Crippen LogP) is 3.45. The van der Waals surface area contributed by atoms with Crippen LogP contribution in [0.1, 0.15) is 18.5 Å². The van der Waals surface area contributed by atoms with Crippen LogP contribution in [0.4, 0.5) is 5.69 Å². The van der Waals surface area contributed by atoms with Crippen LogP contribution in [-0.2, 0) is 14.8 Å². The number of hydrogen-bond acceptors (Lipinski definition) is 6. The van der Waals surface area contributed by atoms with Gasteiger partial charge in [-0.2, -0.15) is 4.31 Å². The summed E-state index contributed by atoms with van der Waals surface area (Å²) in [6, 6.07) is 12.9. The van der Waals surface area contributed by atoms with Gasteiger partial charge < -0.3 is 15.0 Å². The van der Waals surface area contributed by atoms with Crippen molar-refractivity contribution in [1.29, 1.82) is 0 Å². The number of methoxy groups -OCH3 is 1. The Kier molecular flexibility index (Phi) is 7.25. The van der Waals surface area contributed by atoms with Crippen molar-refractivity contribution in [3.63, 3.8) is 0 Å². The lowest BCUT2D eigenvalue weighted by atomic mass is 9.97. The number of sulfonamides is 1. The van der Waals surface area contributed by atoms with Crippen LogP contribution < -0.4 is 15.6 Å². The molecule has 2 aromatic carbocycles. The number of rotatable bonds is 6. The number of piperidine rings is 1. The number of benzene rings is 2. The standard InChI is InChI=1S/C24H25ClN4O5S/c1-15-12-22(30)28-23(26-15)17-4-3-5-19(13-17)27-24(31)16-8-10-29(11-9-16)35(32,33)21-14-18(25)6-7-20(21)34-2/h3-7,12-14,16H,8-11H2,1-2H3,(H,27,31)(H,26,28,30). The lowest BCUT2D eigenvalue weighted by Crippen LogP contribution is -2.41. The Labute approximate surface area is 208 Å². The summed E-state index contributed by atoms with van der Waals surface area (Å²) in [6.45, 7) is 2.13. The van der Waals surface area contributed by atoms with Crippen LogP contribution in [0.5, 0.6) is 5.75 Å². The van der Waals surface area contributed by atoms with Gasteiger partial charge in [0.25, 0.3) is 5.56 Å². The average molecular weight is 517 g/mol. The molecule has 0 radical (unpaired) electrons. The van der Waals surface area contributed by atoms with Crippen LogP contribution >= 0.6 is 11.6 Å². The van der Waals surface area contributed by atoms with E-state index >= 15 is 0 Å². The van der Waals surface area contributed by atoms with E-state index < -0.39 is 10.0 Å². The highest BCUT2D eigenvalue weighted by Gasteiger charge is 2.34. The van der Waals surface area contributed by atoms with Gasteiger partial charge in [-0.05, 0) is 50.1 Å². The van der Waals surface area contributed by atoms with Gasteiger partial charge >= 0.3 is 0 Å². The van der Waals surface area contributed by atoms with Gasteiger partial charge in [0.15, 0.2) is 0 Å².